The molecule has 1 unspecified atom stereocenters. The van der Waals surface area contributed by atoms with E-state index in [1.807, 2.05) is 30.3 Å². The molecule has 35 heavy (non-hydrogen) atoms. The number of aromatic amines is 1. The van der Waals surface area contributed by atoms with Crippen LogP contribution in [0.4, 0.5) is 17.2 Å². The van der Waals surface area contributed by atoms with Crippen LogP contribution in [0.15, 0.2) is 48.7 Å². The van der Waals surface area contributed by atoms with Crippen molar-refractivity contribution in [3.8, 4) is 11.3 Å². The number of aromatic nitrogens is 2. The molecule has 0 aliphatic carbocycles. The van der Waals surface area contributed by atoms with Gasteiger partial charge in [-0.25, -0.2) is 9.19 Å². The maximum Gasteiger partial charge on any atom is 0.223 e. The molecule has 1 aliphatic rings. The number of pyridine rings is 1. The summed E-state index contributed by atoms with van der Waals surface area (Å²) in [7, 11) is 0. The Morgan fingerprint density at radius 3 is 2.69 bits per heavy atom. The second kappa shape index (κ2) is 10.6. The van der Waals surface area contributed by atoms with E-state index in [0.717, 1.165) is 5.69 Å². The van der Waals surface area contributed by atoms with Gasteiger partial charge in [0.1, 0.15) is 5.82 Å². The molecular formula is C24H25N5O5S. The smallest absolute Gasteiger partial charge is 0.223 e. The van der Waals surface area contributed by atoms with Crippen molar-refractivity contribution < 1.29 is 23.1 Å². The standard InChI is InChI=1S/C24H25N5O5S/c1-15(30)26-20-12-16(9-10-25-20)23-24(27-17-6-3-2-4-7-17)22-18(28-23)13-29(14-19(22)31)21(32)8-5-11-35(33)34/h2-4,6-7,9-10,12,27-28H,5,8,11,13-14H2,1H3,(H,33,34)(H,25,26,30). The number of Topliss-reactive ketones (excluding diaryl/α,β-unsaturated/α-hetero) is 1. The number of amides is 2. The SMILES string of the molecule is CC(=O)Nc1cc(-c2[nH]c3c(c2Nc2ccccc2)C(=O)CN(C(=O)CCCS(=O)O)C3)ccn1. The van der Waals surface area contributed by atoms with E-state index in [4.69, 9.17) is 4.55 Å². The van der Waals surface area contributed by atoms with Crippen LogP contribution >= 0.6 is 0 Å². The van der Waals surface area contributed by atoms with Crippen LogP contribution in [-0.4, -0.2) is 53.5 Å². The fourth-order valence-electron chi connectivity index (χ4n) is 4.00. The van der Waals surface area contributed by atoms with Crippen LogP contribution in [0.1, 0.15) is 35.8 Å². The van der Waals surface area contributed by atoms with Gasteiger partial charge < -0.3 is 25.1 Å². The number of para-hydroxylation sites is 1. The minimum atomic E-state index is -1.96. The van der Waals surface area contributed by atoms with Gasteiger partial charge in [0.25, 0.3) is 0 Å². The van der Waals surface area contributed by atoms with Crippen molar-refractivity contribution in [3.05, 3.63) is 59.9 Å². The predicted molar refractivity (Wildman–Crippen MR) is 133 cm³/mol. The molecule has 0 saturated carbocycles. The number of benzene rings is 1. The van der Waals surface area contributed by atoms with Gasteiger partial charge >= 0.3 is 0 Å². The number of H-pyrrole nitrogens is 1. The van der Waals surface area contributed by atoms with Crippen molar-refractivity contribution in [1.82, 2.24) is 14.9 Å². The highest BCUT2D eigenvalue weighted by Crippen LogP contribution is 2.38. The van der Waals surface area contributed by atoms with Crippen LogP contribution < -0.4 is 10.6 Å². The average Bonchev–Trinajstić information content (AvgIpc) is 3.18. The molecule has 4 N–H and O–H groups in total. The highest BCUT2D eigenvalue weighted by molar-refractivity contribution is 7.79. The number of carbonyl (C=O) groups is 3. The van der Waals surface area contributed by atoms with Gasteiger partial charge in [0.2, 0.25) is 11.8 Å². The number of hydrogen-bond acceptors (Lipinski definition) is 6. The molecule has 10 nitrogen and oxygen atoms in total. The molecular weight excluding hydrogens is 470 g/mol. The Morgan fingerprint density at radius 2 is 1.97 bits per heavy atom. The van der Waals surface area contributed by atoms with E-state index >= 15 is 0 Å². The highest BCUT2D eigenvalue weighted by Gasteiger charge is 2.32. The van der Waals surface area contributed by atoms with E-state index in [9.17, 15) is 18.6 Å². The van der Waals surface area contributed by atoms with Crippen molar-refractivity contribution in [3.63, 3.8) is 0 Å². The fourth-order valence-corrected chi connectivity index (χ4v) is 4.39. The van der Waals surface area contributed by atoms with E-state index in [1.54, 1.807) is 18.3 Å². The van der Waals surface area contributed by atoms with Gasteiger partial charge in [0, 0.05) is 42.2 Å². The topological polar surface area (TPSA) is 144 Å². The summed E-state index contributed by atoms with van der Waals surface area (Å²) in [6.45, 7) is 1.52. The van der Waals surface area contributed by atoms with Gasteiger partial charge in [-0.3, -0.25) is 14.4 Å². The van der Waals surface area contributed by atoms with Crippen LogP contribution in [0.3, 0.4) is 0 Å². The average molecular weight is 496 g/mol. The predicted octanol–water partition coefficient (Wildman–Crippen LogP) is 3.31. The Hall–Kier alpha value is -3.83. The molecule has 2 aromatic heterocycles. The molecule has 3 aromatic rings. The van der Waals surface area contributed by atoms with Gasteiger partial charge in [0.15, 0.2) is 16.9 Å². The van der Waals surface area contributed by atoms with E-state index in [-0.39, 0.29) is 49.3 Å². The zero-order valence-corrected chi connectivity index (χ0v) is 19.9. The van der Waals surface area contributed by atoms with Crippen LogP contribution in [-0.2, 0) is 27.2 Å². The van der Waals surface area contributed by atoms with Crippen molar-refractivity contribution >= 4 is 45.9 Å². The number of nitrogens with one attached hydrogen (secondary N) is 3. The molecule has 0 bridgehead atoms. The van der Waals surface area contributed by atoms with Crippen molar-refractivity contribution in [1.29, 1.82) is 0 Å². The van der Waals surface area contributed by atoms with Crippen molar-refractivity contribution in [2.45, 2.75) is 26.3 Å². The number of anilines is 3. The molecule has 11 heteroatoms. The molecule has 1 aliphatic heterocycles. The monoisotopic (exact) mass is 495 g/mol. The van der Waals surface area contributed by atoms with Gasteiger partial charge in [-0.2, -0.15) is 0 Å². The normalized spacial score (nSPS) is 13.8. The quantitative estimate of drug-likeness (QED) is 0.351. The van der Waals surface area contributed by atoms with Gasteiger partial charge in [-0.05, 0) is 30.7 Å². The maximum absolute atomic E-state index is 13.2. The lowest BCUT2D eigenvalue weighted by Gasteiger charge is -2.26. The summed E-state index contributed by atoms with van der Waals surface area (Å²) in [6, 6.07) is 12.9. The van der Waals surface area contributed by atoms with Crippen LogP contribution in [0, 0.1) is 0 Å². The van der Waals surface area contributed by atoms with Crippen molar-refractivity contribution in [2.24, 2.45) is 0 Å². The summed E-state index contributed by atoms with van der Waals surface area (Å²) < 4.78 is 19.8. The molecule has 0 spiro atoms. The first-order chi connectivity index (χ1) is 16.8. The molecule has 0 fully saturated rings. The third-order valence-electron chi connectivity index (χ3n) is 5.50. The molecule has 2 amide bonds. The van der Waals surface area contributed by atoms with Crippen LogP contribution in [0.25, 0.3) is 11.3 Å². The highest BCUT2D eigenvalue weighted by atomic mass is 32.2. The van der Waals surface area contributed by atoms with E-state index in [1.165, 1.54) is 11.8 Å². The maximum atomic E-state index is 13.2. The summed E-state index contributed by atoms with van der Waals surface area (Å²) in [6.07, 6.45) is 1.91. The number of hydrogen-bond donors (Lipinski definition) is 4. The molecule has 182 valence electrons. The molecule has 1 aromatic carbocycles. The third kappa shape index (κ3) is 5.81. The molecule has 0 radical (unpaired) electrons. The Morgan fingerprint density at radius 1 is 1.20 bits per heavy atom. The Kier molecular flexibility index (Phi) is 7.37. The first kappa shape index (κ1) is 24.3. The van der Waals surface area contributed by atoms with Crippen LogP contribution in [0.2, 0.25) is 0 Å². The largest absolute Gasteiger partial charge is 0.355 e. The Bertz CT molecular complexity index is 1290. The molecule has 3 heterocycles. The number of carbonyl (C=O) groups excluding carboxylic acids is 3. The molecule has 4 rings (SSSR count). The Labute approximate surface area is 204 Å². The van der Waals surface area contributed by atoms with Gasteiger partial charge in [0.05, 0.1) is 30.0 Å². The number of nitrogens with zero attached hydrogens (tertiary/aromatic N) is 2. The summed E-state index contributed by atoms with van der Waals surface area (Å²) in [5.41, 5.74) is 3.77. The Balaban J connectivity index is 1.70. The zero-order chi connectivity index (χ0) is 24.9. The zero-order valence-electron chi connectivity index (χ0n) is 19.0. The second-order valence-electron chi connectivity index (χ2n) is 8.13. The first-order valence-corrected chi connectivity index (χ1v) is 12.3. The number of fused-ring (bicyclic) bond motifs is 1. The fraction of sp³-hybridized carbons (Fsp3) is 0.250. The summed E-state index contributed by atoms with van der Waals surface area (Å²) in [4.78, 5) is 46.3. The third-order valence-corrected chi connectivity index (χ3v) is 6.14. The lowest BCUT2D eigenvalue weighted by molar-refractivity contribution is -0.131. The van der Waals surface area contributed by atoms with E-state index < -0.39 is 11.1 Å². The summed E-state index contributed by atoms with van der Waals surface area (Å²) >= 11 is -1.96. The summed E-state index contributed by atoms with van der Waals surface area (Å²) in [5, 5.41) is 6.00. The van der Waals surface area contributed by atoms with Gasteiger partial charge in [-0.15, -0.1) is 0 Å². The summed E-state index contributed by atoms with van der Waals surface area (Å²) in [5.74, 6) is -0.340. The lowest BCUT2D eigenvalue weighted by Crippen LogP contribution is -2.39. The lowest BCUT2D eigenvalue weighted by atomic mass is 10.0. The van der Waals surface area contributed by atoms with E-state index in [2.05, 4.69) is 20.6 Å². The van der Waals surface area contributed by atoms with Crippen LogP contribution in [0.5, 0.6) is 0 Å². The van der Waals surface area contributed by atoms with Crippen molar-refractivity contribution in [2.75, 3.05) is 22.9 Å². The minimum Gasteiger partial charge on any atom is -0.355 e. The second-order valence-corrected chi connectivity index (χ2v) is 9.18. The van der Waals surface area contributed by atoms with Gasteiger partial charge in [-0.1, -0.05) is 18.2 Å². The number of rotatable bonds is 8. The number of ketones is 1. The molecule has 0 saturated heterocycles. The molecule has 1 atom stereocenters. The first-order valence-electron chi connectivity index (χ1n) is 11.0. The van der Waals surface area contributed by atoms with E-state index in [0.29, 0.717) is 34.0 Å². The minimum absolute atomic E-state index is 0.00917.